The van der Waals surface area contributed by atoms with E-state index in [1.807, 2.05) is 16.9 Å². The van der Waals surface area contributed by atoms with Crippen LogP contribution in [0.15, 0.2) is 42.9 Å². The van der Waals surface area contributed by atoms with E-state index in [0.717, 1.165) is 31.1 Å². The molecule has 3 aromatic heterocycles. The van der Waals surface area contributed by atoms with E-state index in [0.29, 0.717) is 34.4 Å². The summed E-state index contributed by atoms with van der Waals surface area (Å²) in [5.74, 6) is 0.0686. The normalized spacial score (nSPS) is 20.5. The highest BCUT2D eigenvalue weighted by Gasteiger charge is 2.23. The maximum Gasteiger partial charge on any atom is 0.155 e. The van der Waals surface area contributed by atoms with E-state index in [-0.39, 0.29) is 12.4 Å². The number of rotatable bonds is 3. The minimum absolute atomic E-state index is 0.260. The zero-order chi connectivity index (χ0) is 18.4. The molecule has 0 amide bonds. The standard InChI is InChI=1S/C20H20FN5O/c21-17-9-18-14(11-26(23-18)15-4-2-13(12-27)3-5-15)8-16(17)19-10-20-22-6-1-7-25(20)24-19/h1,6-11,13,15,27H,2-5,12H2. The average molecular weight is 365 g/mol. The van der Waals surface area contributed by atoms with Crippen molar-refractivity contribution in [3.63, 3.8) is 0 Å². The summed E-state index contributed by atoms with van der Waals surface area (Å²) in [6.07, 6.45) is 9.48. The Morgan fingerprint density at radius 3 is 2.74 bits per heavy atom. The van der Waals surface area contributed by atoms with Gasteiger partial charge in [0.05, 0.1) is 17.3 Å². The number of aliphatic hydroxyl groups is 1. The minimum atomic E-state index is -0.333. The first-order valence-electron chi connectivity index (χ1n) is 9.31. The van der Waals surface area contributed by atoms with Crippen molar-refractivity contribution in [2.75, 3.05) is 6.61 Å². The van der Waals surface area contributed by atoms with Gasteiger partial charge in [-0.1, -0.05) is 0 Å². The molecule has 0 unspecified atom stereocenters. The molecule has 5 rings (SSSR count). The Labute approximate surface area is 155 Å². The second-order valence-electron chi connectivity index (χ2n) is 7.31. The predicted molar refractivity (Wildman–Crippen MR) is 99.8 cm³/mol. The molecular formula is C20H20FN5O. The van der Waals surface area contributed by atoms with E-state index in [9.17, 15) is 9.50 Å². The van der Waals surface area contributed by atoms with Crippen molar-refractivity contribution >= 4 is 16.6 Å². The maximum absolute atomic E-state index is 14.7. The van der Waals surface area contributed by atoms with Gasteiger partial charge in [-0.05, 0) is 43.7 Å². The second-order valence-corrected chi connectivity index (χ2v) is 7.31. The van der Waals surface area contributed by atoms with Crippen molar-refractivity contribution in [1.82, 2.24) is 24.4 Å². The van der Waals surface area contributed by atoms with Gasteiger partial charge < -0.3 is 5.11 Å². The van der Waals surface area contributed by atoms with E-state index in [2.05, 4.69) is 15.2 Å². The van der Waals surface area contributed by atoms with Crippen molar-refractivity contribution in [3.05, 3.63) is 48.7 Å². The van der Waals surface area contributed by atoms with Gasteiger partial charge in [0.25, 0.3) is 0 Å². The highest BCUT2D eigenvalue weighted by Crippen LogP contribution is 2.33. The van der Waals surface area contributed by atoms with Crippen LogP contribution < -0.4 is 0 Å². The molecule has 1 saturated carbocycles. The predicted octanol–water partition coefficient (Wildman–Crippen LogP) is 3.61. The average Bonchev–Trinajstić information content (AvgIpc) is 3.30. The molecule has 0 saturated heterocycles. The largest absolute Gasteiger partial charge is 0.396 e. The molecule has 0 spiro atoms. The molecule has 1 aliphatic carbocycles. The molecule has 138 valence electrons. The van der Waals surface area contributed by atoms with Crippen LogP contribution in [0.2, 0.25) is 0 Å². The van der Waals surface area contributed by atoms with Gasteiger partial charge in [-0.2, -0.15) is 10.2 Å². The summed E-state index contributed by atoms with van der Waals surface area (Å²) in [5, 5.41) is 19.2. The number of benzene rings is 1. The number of aromatic nitrogens is 5. The molecule has 1 aromatic carbocycles. The maximum atomic E-state index is 14.7. The van der Waals surface area contributed by atoms with E-state index in [4.69, 9.17) is 0 Å². The molecule has 3 heterocycles. The summed E-state index contributed by atoms with van der Waals surface area (Å²) in [4.78, 5) is 4.24. The molecule has 1 N–H and O–H groups in total. The highest BCUT2D eigenvalue weighted by molar-refractivity contribution is 5.84. The Balaban J connectivity index is 1.51. The Morgan fingerprint density at radius 1 is 1.11 bits per heavy atom. The lowest BCUT2D eigenvalue weighted by Crippen LogP contribution is -2.20. The first-order valence-corrected chi connectivity index (χ1v) is 9.31. The van der Waals surface area contributed by atoms with Crippen LogP contribution in [-0.4, -0.2) is 36.1 Å². The fourth-order valence-corrected chi connectivity index (χ4v) is 4.00. The summed E-state index contributed by atoms with van der Waals surface area (Å²) in [7, 11) is 0. The molecule has 6 nitrogen and oxygen atoms in total. The third-order valence-corrected chi connectivity index (χ3v) is 5.57. The van der Waals surface area contributed by atoms with Gasteiger partial charge >= 0.3 is 0 Å². The monoisotopic (exact) mass is 365 g/mol. The summed E-state index contributed by atoms with van der Waals surface area (Å²) in [6, 6.07) is 7.18. The number of nitrogens with zero attached hydrogens (tertiary/aromatic N) is 5. The molecule has 7 heteroatoms. The van der Waals surface area contributed by atoms with Gasteiger partial charge in [-0.15, -0.1) is 0 Å². The van der Waals surface area contributed by atoms with Gasteiger partial charge in [0.1, 0.15) is 5.82 Å². The Bertz CT molecular complexity index is 1080. The van der Waals surface area contributed by atoms with E-state index >= 15 is 0 Å². The molecule has 1 fully saturated rings. The number of halogens is 1. The topological polar surface area (TPSA) is 68.2 Å². The van der Waals surface area contributed by atoms with Gasteiger partial charge in [0.15, 0.2) is 5.65 Å². The van der Waals surface area contributed by atoms with Crippen LogP contribution in [0.3, 0.4) is 0 Å². The first-order chi connectivity index (χ1) is 13.2. The Morgan fingerprint density at radius 2 is 1.96 bits per heavy atom. The van der Waals surface area contributed by atoms with Crippen LogP contribution in [0, 0.1) is 11.7 Å². The summed E-state index contributed by atoms with van der Waals surface area (Å²) in [5.41, 5.74) is 2.35. The fraction of sp³-hybridized carbons (Fsp3) is 0.350. The van der Waals surface area contributed by atoms with Crippen molar-refractivity contribution in [2.45, 2.75) is 31.7 Å². The number of hydrogen-bond donors (Lipinski definition) is 1. The fourth-order valence-electron chi connectivity index (χ4n) is 4.00. The third kappa shape index (κ3) is 2.88. The second kappa shape index (κ2) is 6.42. The van der Waals surface area contributed by atoms with Gasteiger partial charge in [0, 0.05) is 48.3 Å². The zero-order valence-electron chi connectivity index (χ0n) is 14.8. The minimum Gasteiger partial charge on any atom is -0.396 e. The molecular weight excluding hydrogens is 345 g/mol. The lowest BCUT2D eigenvalue weighted by atomic mass is 9.87. The van der Waals surface area contributed by atoms with Crippen molar-refractivity contribution in [1.29, 1.82) is 0 Å². The lowest BCUT2D eigenvalue weighted by molar-refractivity contribution is 0.165. The van der Waals surface area contributed by atoms with E-state index < -0.39 is 0 Å². The number of hydrogen-bond acceptors (Lipinski definition) is 4. The molecule has 0 bridgehead atoms. The number of fused-ring (bicyclic) bond motifs is 2. The number of aliphatic hydroxyl groups excluding tert-OH is 1. The lowest BCUT2D eigenvalue weighted by Gasteiger charge is -2.27. The van der Waals surface area contributed by atoms with Gasteiger partial charge in [-0.3, -0.25) is 4.68 Å². The van der Waals surface area contributed by atoms with Crippen LogP contribution in [0.25, 0.3) is 27.8 Å². The summed E-state index contributed by atoms with van der Waals surface area (Å²) < 4.78 is 18.3. The van der Waals surface area contributed by atoms with Gasteiger partial charge in [0.2, 0.25) is 0 Å². The Hall–Kier alpha value is -2.80. The zero-order valence-corrected chi connectivity index (χ0v) is 14.8. The molecule has 1 aliphatic rings. The molecule has 0 aliphatic heterocycles. The summed E-state index contributed by atoms with van der Waals surface area (Å²) >= 11 is 0. The molecule has 0 atom stereocenters. The molecule has 27 heavy (non-hydrogen) atoms. The summed E-state index contributed by atoms with van der Waals surface area (Å²) in [6.45, 7) is 0.260. The Kier molecular flexibility index (Phi) is 3.89. The van der Waals surface area contributed by atoms with Crippen molar-refractivity contribution < 1.29 is 9.50 Å². The highest BCUT2D eigenvalue weighted by atomic mass is 19.1. The first kappa shape index (κ1) is 16.4. The van der Waals surface area contributed by atoms with Crippen LogP contribution in [-0.2, 0) is 0 Å². The van der Waals surface area contributed by atoms with Crippen molar-refractivity contribution in [2.24, 2.45) is 5.92 Å². The van der Waals surface area contributed by atoms with Crippen LogP contribution in [0.4, 0.5) is 4.39 Å². The quantitative estimate of drug-likeness (QED) is 0.602. The SMILES string of the molecule is OCC1CCC(n2cc3cc(-c4cc5ncccn5n4)c(F)cc3n2)CC1. The smallest absolute Gasteiger partial charge is 0.155 e. The van der Waals surface area contributed by atoms with Crippen LogP contribution in [0.5, 0.6) is 0 Å². The van der Waals surface area contributed by atoms with E-state index in [1.54, 1.807) is 29.0 Å². The van der Waals surface area contributed by atoms with Crippen molar-refractivity contribution in [3.8, 4) is 11.3 Å². The molecule has 4 aromatic rings. The van der Waals surface area contributed by atoms with E-state index in [1.165, 1.54) is 6.07 Å². The third-order valence-electron chi connectivity index (χ3n) is 5.57. The molecule has 0 radical (unpaired) electrons. The van der Waals surface area contributed by atoms with Gasteiger partial charge in [-0.25, -0.2) is 13.9 Å². The van der Waals surface area contributed by atoms with Crippen LogP contribution >= 0.6 is 0 Å². The van der Waals surface area contributed by atoms with Crippen LogP contribution in [0.1, 0.15) is 31.7 Å².